The summed E-state index contributed by atoms with van der Waals surface area (Å²) in [7, 11) is 2.12. The zero-order valence-electron chi connectivity index (χ0n) is 27.4. The van der Waals surface area contributed by atoms with Crippen molar-refractivity contribution in [2.45, 2.75) is 44.2 Å². The molecule has 8 rings (SSSR count). The highest BCUT2D eigenvalue weighted by Gasteiger charge is 2.36. The molecule has 3 atom stereocenters. The molecule has 8 heteroatoms. The second-order valence-corrected chi connectivity index (χ2v) is 13.2. The Hall–Kier alpha value is -5.34. The molecule has 3 aromatic carbocycles. The number of likely N-dealkylation sites (tertiary alicyclic amines) is 1. The fraction of sp³-hybridized carbons (Fsp3) is 0.250. The van der Waals surface area contributed by atoms with Crippen molar-refractivity contribution < 1.29 is 4.79 Å². The van der Waals surface area contributed by atoms with E-state index in [9.17, 15) is 4.79 Å². The number of hydrogen-bond donors (Lipinski definition) is 2. The summed E-state index contributed by atoms with van der Waals surface area (Å²) >= 11 is 0. The molecule has 1 amide bonds. The van der Waals surface area contributed by atoms with E-state index in [1.807, 2.05) is 36.4 Å². The standard InChI is InChI=1S/C40H39N7O/c1-25-18-36(47(24-25)40(48)26(2)33-6-4-16-41-21-33)38-43-22-35(45-38)28-10-8-27(9-11-28)29-12-13-31-20-32(15-14-30(31)19-29)37-23-44-39(46(37)3)34-7-5-17-42-34/h4,6,8-16,19-23,26,34,36,42H,1,5,7,17-18,24H2,2-3H3,(H,43,45)/t26?,34-,36-/m0/s1. The van der Waals surface area contributed by atoms with Crippen LogP contribution in [0.4, 0.5) is 0 Å². The van der Waals surface area contributed by atoms with Gasteiger partial charge in [-0.15, -0.1) is 0 Å². The first kappa shape index (κ1) is 30.0. The minimum atomic E-state index is -0.292. The summed E-state index contributed by atoms with van der Waals surface area (Å²) in [6.45, 7) is 7.73. The number of nitrogens with one attached hydrogen (secondary N) is 2. The Morgan fingerprint density at radius 3 is 2.42 bits per heavy atom. The number of amides is 1. The van der Waals surface area contributed by atoms with Crippen LogP contribution in [-0.4, -0.2) is 48.4 Å². The van der Waals surface area contributed by atoms with Crippen LogP contribution < -0.4 is 5.32 Å². The highest BCUT2D eigenvalue weighted by Crippen LogP contribution is 2.37. The number of rotatable bonds is 7. The van der Waals surface area contributed by atoms with Crippen LogP contribution in [0, 0.1) is 0 Å². The Balaban J connectivity index is 0.989. The molecule has 48 heavy (non-hydrogen) atoms. The molecule has 0 bridgehead atoms. The predicted molar refractivity (Wildman–Crippen MR) is 190 cm³/mol. The highest BCUT2D eigenvalue weighted by molar-refractivity contribution is 5.90. The molecule has 0 aliphatic carbocycles. The molecule has 6 aromatic rings. The fourth-order valence-corrected chi connectivity index (χ4v) is 7.30. The van der Waals surface area contributed by atoms with E-state index < -0.39 is 0 Å². The number of benzene rings is 3. The van der Waals surface area contributed by atoms with E-state index in [4.69, 9.17) is 9.97 Å². The summed E-state index contributed by atoms with van der Waals surface area (Å²) in [5, 5.41) is 5.97. The van der Waals surface area contributed by atoms with E-state index in [2.05, 4.69) is 94.1 Å². The van der Waals surface area contributed by atoms with Crippen molar-refractivity contribution in [1.29, 1.82) is 0 Å². The molecular formula is C40H39N7O. The monoisotopic (exact) mass is 633 g/mol. The van der Waals surface area contributed by atoms with Gasteiger partial charge in [0.15, 0.2) is 0 Å². The number of fused-ring (bicyclic) bond motifs is 1. The molecular weight excluding hydrogens is 594 g/mol. The largest absolute Gasteiger partial charge is 0.340 e. The number of imidazole rings is 2. The first-order valence-electron chi connectivity index (χ1n) is 16.7. The van der Waals surface area contributed by atoms with Crippen LogP contribution in [0.25, 0.3) is 44.4 Å². The lowest BCUT2D eigenvalue weighted by molar-refractivity contribution is -0.133. The molecule has 3 aromatic heterocycles. The van der Waals surface area contributed by atoms with Gasteiger partial charge in [-0.1, -0.05) is 66.7 Å². The van der Waals surface area contributed by atoms with Gasteiger partial charge in [0.25, 0.3) is 0 Å². The summed E-state index contributed by atoms with van der Waals surface area (Å²) in [5.74, 6) is 1.66. The number of carbonyl (C=O) groups is 1. The molecule has 2 N–H and O–H groups in total. The third-order valence-electron chi connectivity index (χ3n) is 10.1. The number of nitrogens with zero attached hydrogens (tertiary/aromatic N) is 5. The van der Waals surface area contributed by atoms with Crippen LogP contribution in [0.15, 0.2) is 110 Å². The first-order valence-corrected chi connectivity index (χ1v) is 16.7. The van der Waals surface area contributed by atoms with Gasteiger partial charge in [-0.2, -0.15) is 0 Å². The fourth-order valence-electron chi connectivity index (χ4n) is 7.30. The SMILES string of the molecule is C=C1C[C@@H](c2ncc(-c3ccc(-c4ccc5cc(-c6cnc([C@@H]7CCCN7)n6C)ccc5c4)cc3)[nH]2)N(C(=O)C(C)c2cccnc2)C1. The lowest BCUT2D eigenvalue weighted by Gasteiger charge is -2.26. The summed E-state index contributed by atoms with van der Waals surface area (Å²) in [6.07, 6.45) is 10.4. The molecule has 2 fully saturated rings. The van der Waals surface area contributed by atoms with E-state index in [-0.39, 0.29) is 17.9 Å². The lowest BCUT2D eigenvalue weighted by Crippen LogP contribution is -2.34. The first-order chi connectivity index (χ1) is 23.4. The van der Waals surface area contributed by atoms with Gasteiger partial charge in [-0.3, -0.25) is 9.78 Å². The lowest BCUT2D eigenvalue weighted by atomic mass is 9.98. The highest BCUT2D eigenvalue weighted by atomic mass is 16.2. The molecule has 2 aliphatic rings. The number of aromatic nitrogens is 5. The maximum absolute atomic E-state index is 13.6. The van der Waals surface area contributed by atoms with Crippen LogP contribution in [-0.2, 0) is 11.8 Å². The number of aromatic amines is 1. The van der Waals surface area contributed by atoms with Crippen LogP contribution in [0.1, 0.15) is 61.4 Å². The van der Waals surface area contributed by atoms with E-state index in [0.29, 0.717) is 19.0 Å². The maximum Gasteiger partial charge on any atom is 0.230 e. The van der Waals surface area contributed by atoms with E-state index in [1.165, 1.54) is 28.3 Å². The molecule has 2 aliphatic heterocycles. The Labute approximate surface area is 280 Å². The summed E-state index contributed by atoms with van der Waals surface area (Å²) in [5.41, 5.74) is 8.55. The molecule has 0 spiro atoms. The van der Waals surface area contributed by atoms with Crippen LogP contribution >= 0.6 is 0 Å². The van der Waals surface area contributed by atoms with Gasteiger partial charge in [-0.25, -0.2) is 9.97 Å². The van der Waals surface area contributed by atoms with Crippen LogP contribution in [0.2, 0.25) is 0 Å². The average molecular weight is 634 g/mol. The normalized spacial score (nSPS) is 18.5. The molecule has 240 valence electrons. The van der Waals surface area contributed by atoms with Crippen molar-refractivity contribution in [3.63, 3.8) is 0 Å². The Morgan fingerprint density at radius 1 is 0.917 bits per heavy atom. The molecule has 8 nitrogen and oxygen atoms in total. The Kier molecular flexibility index (Phi) is 7.73. The summed E-state index contributed by atoms with van der Waals surface area (Å²) < 4.78 is 2.23. The maximum atomic E-state index is 13.6. The van der Waals surface area contributed by atoms with Gasteiger partial charge in [0.2, 0.25) is 5.91 Å². The minimum absolute atomic E-state index is 0.0588. The number of hydrogen-bond acceptors (Lipinski definition) is 5. The van der Waals surface area contributed by atoms with Gasteiger partial charge in [0.05, 0.1) is 41.8 Å². The van der Waals surface area contributed by atoms with Crippen LogP contribution in [0.3, 0.4) is 0 Å². The number of H-pyrrole nitrogens is 1. The molecule has 1 unspecified atom stereocenters. The zero-order chi connectivity index (χ0) is 32.8. The van der Waals surface area contributed by atoms with E-state index >= 15 is 0 Å². The van der Waals surface area contributed by atoms with Gasteiger partial charge < -0.3 is 19.8 Å². The summed E-state index contributed by atoms with van der Waals surface area (Å²) in [6, 6.07) is 25.9. The van der Waals surface area contributed by atoms with Crippen molar-refractivity contribution in [3.05, 3.63) is 127 Å². The van der Waals surface area contributed by atoms with Crippen molar-refractivity contribution in [1.82, 2.24) is 34.7 Å². The third-order valence-corrected chi connectivity index (χ3v) is 10.1. The molecule has 0 radical (unpaired) electrons. The van der Waals surface area contributed by atoms with E-state index in [1.54, 1.807) is 12.4 Å². The topological polar surface area (TPSA) is 91.7 Å². The number of pyridine rings is 1. The van der Waals surface area contributed by atoms with Crippen molar-refractivity contribution in [2.75, 3.05) is 13.1 Å². The van der Waals surface area contributed by atoms with Crippen molar-refractivity contribution in [3.8, 4) is 33.6 Å². The van der Waals surface area contributed by atoms with E-state index in [0.717, 1.165) is 58.3 Å². The molecule has 0 saturated carbocycles. The Bertz CT molecular complexity index is 2120. The molecule has 5 heterocycles. The van der Waals surface area contributed by atoms with Crippen molar-refractivity contribution >= 4 is 16.7 Å². The minimum Gasteiger partial charge on any atom is -0.340 e. The van der Waals surface area contributed by atoms with Gasteiger partial charge in [-0.05, 0) is 84.0 Å². The average Bonchev–Trinajstić information content (AvgIpc) is 3.95. The zero-order valence-corrected chi connectivity index (χ0v) is 27.4. The Morgan fingerprint density at radius 2 is 1.67 bits per heavy atom. The smallest absolute Gasteiger partial charge is 0.230 e. The second-order valence-electron chi connectivity index (χ2n) is 13.2. The molecule has 2 saturated heterocycles. The third kappa shape index (κ3) is 5.52. The quantitative estimate of drug-likeness (QED) is 0.176. The second kappa shape index (κ2) is 12.4. The van der Waals surface area contributed by atoms with Crippen molar-refractivity contribution in [2.24, 2.45) is 7.05 Å². The van der Waals surface area contributed by atoms with Gasteiger partial charge in [0, 0.05) is 31.5 Å². The summed E-state index contributed by atoms with van der Waals surface area (Å²) in [4.78, 5) is 32.7. The predicted octanol–water partition coefficient (Wildman–Crippen LogP) is 7.75. The number of carbonyl (C=O) groups excluding carboxylic acids is 1. The van der Waals surface area contributed by atoms with Gasteiger partial charge in [0.1, 0.15) is 11.6 Å². The van der Waals surface area contributed by atoms with Crippen LogP contribution in [0.5, 0.6) is 0 Å². The van der Waals surface area contributed by atoms with Gasteiger partial charge >= 0.3 is 0 Å².